The Hall–Kier alpha value is -3.25. The highest BCUT2D eigenvalue weighted by Gasteiger charge is 2.17. The molecule has 0 saturated heterocycles. The first-order valence-electron chi connectivity index (χ1n) is 9.68. The summed E-state index contributed by atoms with van der Waals surface area (Å²) in [5.74, 6) is 1.43. The molecule has 30 heavy (non-hydrogen) atoms. The lowest BCUT2D eigenvalue weighted by Gasteiger charge is -2.20. The van der Waals surface area contributed by atoms with Crippen LogP contribution in [0.1, 0.15) is 21.5 Å². The van der Waals surface area contributed by atoms with Crippen LogP contribution in [0.25, 0.3) is 11.0 Å². The number of benzene rings is 3. The average Bonchev–Trinajstić information content (AvgIpc) is 3.21. The van der Waals surface area contributed by atoms with Gasteiger partial charge in [0.1, 0.15) is 5.75 Å². The van der Waals surface area contributed by atoms with E-state index < -0.39 is 0 Å². The number of nitrogens with zero attached hydrogens (tertiary/aromatic N) is 2. The first-order chi connectivity index (χ1) is 14.7. The molecule has 0 atom stereocenters. The van der Waals surface area contributed by atoms with Gasteiger partial charge in [-0.05, 0) is 29.8 Å². The van der Waals surface area contributed by atoms with Gasteiger partial charge in [0.05, 0.1) is 18.1 Å². The fourth-order valence-corrected chi connectivity index (χ4v) is 4.25. The van der Waals surface area contributed by atoms with Gasteiger partial charge in [-0.15, -0.1) is 0 Å². The molecule has 4 aromatic rings. The van der Waals surface area contributed by atoms with Gasteiger partial charge in [-0.1, -0.05) is 60.3 Å². The molecule has 152 valence electrons. The van der Waals surface area contributed by atoms with Crippen molar-refractivity contribution < 1.29 is 9.53 Å². The highest BCUT2D eigenvalue weighted by molar-refractivity contribution is 7.98. The third-order valence-electron chi connectivity index (χ3n) is 4.93. The molecule has 0 aliphatic heterocycles. The van der Waals surface area contributed by atoms with Crippen molar-refractivity contribution in [1.82, 2.24) is 14.9 Å². The van der Waals surface area contributed by atoms with Gasteiger partial charge in [0.15, 0.2) is 5.16 Å². The largest absolute Gasteiger partial charge is 0.496 e. The predicted octanol–water partition coefficient (Wildman–Crippen LogP) is 5.14. The van der Waals surface area contributed by atoms with E-state index in [4.69, 9.17) is 4.74 Å². The minimum Gasteiger partial charge on any atom is -0.496 e. The third-order valence-corrected chi connectivity index (χ3v) is 5.85. The van der Waals surface area contributed by atoms with Crippen LogP contribution in [0.2, 0.25) is 0 Å². The molecule has 1 heterocycles. The number of imidazole rings is 1. The number of ether oxygens (including phenoxy) is 1. The molecule has 5 nitrogen and oxygen atoms in total. The van der Waals surface area contributed by atoms with Crippen molar-refractivity contribution in [2.75, 3.05) is 14.2 Å². The first kappa shape index (κ1) is 20.0. The van der Waals surface area contributed by atoms with Gasteiger partial charge in [0.2, 0.25) is 0 Å². The topological polar surface area (TPSA) is 58.2 Å². The number of thioether (sulfide) groups is 1. The number of aromatic nitrogens is 2. The van der Waals surface area contributed by atoms with Crippen molar-refractivity contribution in [2.24, 2.45) is 0 Å². The quantitative estimate of drug-likeness (QED) is 0.423. The molecule has 0 bridgehead atoms. The van der Waals surface area contributed by atoms with Crippen LogP contribution in [-0.2, 0) is 12.3 Å². The SMILES string of the molecule is COc1ccccc1CN(C)C(=O)c1ccccc1CSc1nc2ccccc2[nH]1. The zero-order chi connectivity index (χ0) is 20.9. The van der Waals surface area contributed by atoms with Crippen molar-refractivity contribution in [3.63, 3.8) is 0 Å². The summed E-state index contributed by atoms with van der Waals surface area (Å²) in [5, 5.41) is 0.848. The average molecular weight is 418 g/mol. The smallest absolute Gasteiger partial charge is 0.254 e. The number of carbonyl (C=O) groups excluding carboxylic acids is 1. The lowest BCUT2D eigenvalue weighted by atomic mass is 10.1. The maximum Gasteiger partial charge on any atom is 0.254 e. The van der Waals surface area contributed by atoms with Gasteiger partial charge >= 0.3 is 0 Å². The lowest BCUT2D eigenvalue weighted by molar-refractivity contribution is 0.0783. The standard InChI is InChI=1S/C24H23N3O2S/c1-27(15-17-9-4-8-14-22(17)29-2)23(28)19-11-5-3-10-18(19)16-30-24-25-20-12-6-7-13-21(20)26-24/h3-14H,15-16H2,1-2H3,(H,25,26). The maximum atomic E-state index is 13.2. The van der Waals surface area contributed by atoms with Gasteiger partial charge in [0, 0.05) is 30.5 Å². The molecule has 1 amide bonds. The summed E-state index contributed by atoms with van der Waals surface area (Å²) in [6.07, 6.45) is 0. The normalized spacial score (nSPS) is 10.9. The fourth-order valence-electron chi connectivity index (χ4n) is 3.37. The molecule has 0 fully saturated rings. The molecule has 3 aromatic carbocycles. The molecule has 6 heteroatoms. The Labute approximate surface area is 180 Å². The predicted molar refractivity (Wildman–Crippen MR) is 121 cm³/mol. The second-order valence-electron chi connectivity index (χ2n) is 6.98. The van der Waals surface area contributed by atoms with E-state index in [9.17, 15) is 4.79 Å². The van der Waals surface area contributed by atoms with Crippen LogP contribution in [0.4, 0.5) is 0 Å². The molecular weight excluding hydrogens is 394 g/mol. The van der Waals surface area contributed by atoms with E-state index in [0.717, 1.165) is 33.1 Å². The highest BCUT2D eigenvalue weighted by Crippen LogP contribution is 2.26. The number of hydrogen-bond acceptors (Lipinski definition) is 4. The Kier molecular flexibility index (Phi) is 6.05. The monoisotopic (exact) mass is 417 g/mol. The first-order valence-corrected chi connectivity index (χ1v) is 10.7. The fraction of sp³-hybridized carbons (Fsp3) is 0.167. The van der Waals surface area contributed by atoms with Crippen molar-refractivity contribution >= 4 is 28.7 Å². The van der Waals surface area contributed by atoms with Crippen LogP contribution in [0.5, 0.6) is 5.75 Å². The molecule has 0 aliphatic rings. The van der Waals surface area contributed by atoms with E-state index in [2.05, 4.69) is 9.97 Å². The second-order valence-corrected chi connectivity index (χ2v) is 7.94. The molecule has 0 saturated carbocycles. The van der Waals surface area contributed by atoms with E-state index >= 15 is 0 Å². The van der Waals surface area contributed by atoms with E-state index in [1.54, 1.807) is 23.8 Å². The van der Waals surface area contributed by atoms with E-state index in [1.807, 2.05) is 79.8 Å². The van der Waals surface area contributed by atoms with Gasteiger partial charge in [-0.25, -0.2) is 4.98 Å². The van der Waals surface area contributed by atoms with Crippen molar-refractivity contribution in [3.05, 3.63) is 89.5 Å². The highest BCUT2D eigenvalue weighted by atomic mass is 32.2. The van der Waals surface area contributed by atoms with Gasteiger partial charge < -0.3 is 14.6 Å². The number of aromatic amines is 1. The number of methoxy groups -OCH3 is 1. The van der Waals surface area contributed by atoms with Gasteiger partial charge in [0.25, 0.3) is 5.91 Å². The minimum atomic E-state index is -0.0123. The number of nitrogens with one attached hydrogen (secondary N) is 1. The molecule has 0 radical (unpaired) electrons. The Morgan fingerprint density at radius 3 is 2.50 bits per heavy atom. The number of para-hydroxylation sites is 3. The number of H-pyrrole nitrogens is 1. The Morgan fingerprint density at radius 1 is 1.00 bits per heavy atom. The van der Waals surface area contributed by atoms with Crippen LogP contribution >= 0.6 is 11.8 Å². The molecular formula is C24H23N3O2S. The zero-order valence-corrected chi connectivity index (χ0v) is 17.8. The summed E-state index contributed by atoms with van der Waals surface area (Å²) in [6, 6.07) is 23.5. The van der Waals surface area contributed by atoms with Crippen LogP contribution in [0.15, 0.2) is 78.0 Å². The minimum absolute atomic E-state index is 0.0123. The number of rotatable bonds is 7. The van der Waals surface area contributed by atoms with E-state index in [0.29, 0.717) is 17.9 Å². The van der Waals surface area contributed by atoms with Crippen molar-refractivity contribution in [2.45, 2.75) is 17.5 Å². The second kappa shape index (κ2) is 9.05. The Balaban J connectivity index is 1.49. The van der Waals surface area contributed by atoms with Crippen LogP contribution in [-0.4, -0.2) is 34.9 Å². The molecule has 1 aromatic heterocycles. The molecule has 1 N–H and O–H groups in total. The summed E-state index contributed by atoms with van der Waals surface area (Å²) in [4.78, 5) is 22.8. The Bertz CT molecular complexity index is 1140. The van der Waals surface area contributed by atoms with Crippen molar-refractivity contribution in [3.8, 4) is 5.75 Å². The number of amides is 1. The van der Waals surface area contributed by atoms with Gasteiger partial charge in [-0.2, -0.15) is 0 Å². The molecule has 0 aliphatic carbocycles. The Morgan fingerprint density at radius 2 is 1.70 bits per heavy atom. The third kappa shape index (κ3) is 4.33. The van der Waals surface area contributed by atoms with Crippen LogP contribution in [0, 0.1) is 0 Å². The number of carbonyl (C=O) groups is 1. The van der Waals surface area contributed by atoms with E-state index in [-0.39, 0.29) is 5.91 Å². The number of hydrogen-bond donors (Lipinski definition) is 1. The summed E-state index contributed by atoms with van der Waals surface area (Å²) >= 11 is 1.60. The summed E-state index contributed by atoms with van der Waals surface area (Å²) < 4.78 is 5.42. The zero-order valence-electron chi connectivity index (χ0n) is 17.0. The summed E-state index contributed by atoms with van der Waals surface area (Å²) in [7, 11) is 3.46. The molecule has 4 rings (SSSR count). The number of fused-ring (bicyclic) bond motifs is 1. The van der Waals surface area contributed by atoms with Crippen molar-refractivity contribution in [1.29, 1.82) is 0 Å². The van der Waals surface area contributed by atoms with Crippen LogP contribution < -0.4 is 4.74 Å². The van der Waals surface area contributed by atoms with Gasteiger partial charge in [-0.3, -0.25) is 4.79 Å². The maximum absolute atomic E-state index is 13.2. The summed E-state index contributed by atoms with van der Waals surface area (Å²) in [6.45, 7) is 0.480. The molecule has 0 unspecified atom stereocenters. The van der Waals surface area contributed by atoms with Crippen LogP contribution in [0.3, 0.4) is 0 Å². The summed E-state index contributed by atoms with van der Waals surface area (Å²) in [5.41, 5.74) is 4.63. The molecule has 0 spiro atoms. The lowest BCUT2D eigenvalue weighted by Crippen LogP contribution is -2.27. The van der Waals surface area contributed by atoms with E-state index in [1.165, 1.54) is 0 Å².